The summed E-state index contributed by atoms with van der Waals surface area (Å²) in [6.07, 6.45) is 1.58. The van der Waals surface area contributed by atoms with Crippen LogP contribution in [0.25, 0.3) is 0 Å². The van der Waals surface area contributed by atoms with Crippen molar-refractivity contribution in [3.8, 4) is 5.88 Å². The summed E-state index contributed by atoms with van der Waals surface area (Å²) in [7, 11) is -2.67. The molecule has 1 amide bonds. The number of nitrogens with zero attached hydrogens (tertiary/aromatic N) is 2. The molecular formula is C22H21ClFN3O4S. The van der Waals surface area contributed by atoms with Crippen LogP contribution >= 0.6 is 11.6 Å². The largest absolute Gasteiger partial charge is 0.478 e. The van der Waals surface area contributed by atoms with Gasteiger partial charge in [0.25, 0.3) is 15.9 Å². The SMILES string of the molecule is CCOc1ncccc1CNC(=O)c1cc(S(=O)(=O)N(C)c2ccc(F)cc2)ccc1Cl. The lowest BCUT2D eigenvalue weighted by Gasteiger charge is -2.20. The third-order valence-electron chi connectivity index (χ3n) is 4.60. The zero-order valence-electron chi connectivity index (χ0n) is 17.4. The molecule has 0 unspecified atom stereocenters. The molecule has 1 heterocycles. The second kappa shape index (κ2) is 9.97. The van der Waals surface area contributed by atoms with Crippen LogP contribution in [-0.4, -0.2) is 33.0 Å². The van der Waals surface area contributed by atoms with Crippen molar-refractivity contribution in [3.63, 3.8) is 0 Å². The van der Waals surface area contributed by atoms with Crippen LogP contribution in [0.2, 0.25) is 5.02 Å². The number of anilines is 1. The number of carbonyl (C=O) groups is 1. The third-order valence-corrected chi connectivity index (χ3v) is 6.71. The molecule has 0 fully saturated rings. The highest BCUT2D eigenvalue weighted by Gasteiger charge is 2.24. The number of hydrogen-bond acceptors (Lipinski definition) is 5. The monoisotopic (exact) mass is 477 g/mol. The fraction of sp³-hybridized carbons (Fsp3) is 0.182. The first-order valence-corrected chi connectivity index (χ1v) is 11.4. The second-order valence-electron chi connectivity index (χ2n) is 6.67. The van der Waals surface area contributed by atoms with Crippen molar-refractivity contribution in [2.24, 2.45) is 0 Å². The summed E-state index contributed by atoms with van der Waals surface area (Å²) < 4.78 is 45.7. The molecule has 0 aliphatic rings. The maximum Gasteiger partial charge on any atom is 0.264 e. The Morgan fingerprint density at radius 3 is 2.59 bits per heavy atom. The van der Waals surface area contributed by atoms with Crippen molar-refractivity contribution in [3.05, 3.63) is 82.8 Å². The molecule has 0 atom stereocenters. The fourth-order valence-corrected chi connectivity index (χ4v) is 4.31. The van der Waals surface area contributed by atoms with Gasteiger partial charge in [-0.05, 0) is 55.5 Å². The minimum absolute atomic E-state index is 0.00194. The maximum atomic E-state index is 13.2. The van der Waals surface area contributed by atoms with Crippen molar-refractivity contribution >= 4 is 33.2 Å². The number of nitrogens with one attached hydrogen (secondary N) is 1. The fourth-order valence-electron chi connectivity index (χ4n) is 2.88. The Hall–Kier alpha value is -3.17. The number of ether oxygens (including phenoxy) is 1. The minimum atomic E-state index is -4.02. The Kier molecular flexibility index (Phi) is 7.32. The van der Waals surface area contributed by atoms with E-state index in [-0.39, 0.29) is 27.7 Å². The first-order chi connectivity index (χ1) is 15.2. The maximum absolute atomic E-state index is 13.2. The van der Waals surface area contributed by atoms with Gasteiger partial charge in [0.15, 0.2) is 0 Å². The topological polar surface area (TPSA) is 88.6 Å². The van der Waals surface area contributed by atoms with Crippen molar-refractivity contribution < 1.29 is 22.3 Å². The lowest BCUT2D eigenvalue weighted by atomic mass is 10.2. The van der Waals surface area contributed by atoms with Gasteiger partial charge in [0, 0.05) is 25.4 Å². The third kappa shape index (κ3) is 5.17. The number of aromatic nitrogens is 1. The van der Waals surface area contributed by atoms with Crippen LogP contribution in [0.1, 0.15) is 22.8 Å². The molecule has 0 bridgehead atoms. The van der Waals surface area contributed by atoms with Gasteiger partial charge in [-0.15, -0.1) is 0 Å². The number of hydrogen-bond donors (Lipinski definition) is 1. The van der Waals surface area contributed by atoms with E-state index in [0.29, 0.717) is 18.1 Å². The Balaban J connectivity index is 1.83. The normalized spacial score (nSPS) is 11.1. The van der Waals surface area contributed by atoms with Crippen LogP contribution < -0.4 is 14.4 Å². The molecular weight excluding hydrogens is 457 g/mol. The molecule has 7 nitrogen and oxygen atoms in total. The highest BCUT2D eigenvalue weighted by Crippen LogP contribution is 2.26. The van der Waals surface area contributed by atoms with Gasteiger partial charge in [-0.25, -0.2) is 17.8 Å². The van der Waals surface area contributed by atoms with Gasteiger partial charge in [-0.1, -0.05) is 17.7 Å². The van der Waals surface area contributed by atoms with Crippen LogP contribution in [-0.2, 0) is 16.6 Å². The van der Waals surface area contributed by atoms with E-state index >= 15 is 0 Å². The molecule has 2 aromatic carbocycles. The van der Waals surface area contributed by atoms with Gasteiger partial charge < -0.3 is 10.1 Å². The summed E-state index contributed by atoms with van der Waals surface area (Å²) in [5, 5.41) is 2.81. The molecule has 0 aliphatic carbocycles. The lowest BCUT2D eigenvalue weighted by molar-refractivity contribution is 0.0950. The van der Waals surface area contributed by atoms with Crippen LogP contribution in [0, 0.1) is 5.82 Å². The van der Waals surface area contributed by atoms with Crippen LogP contribution in [0.15, 0.2) is 65.7 Å². The summed E-state index contributed by atoms with van der Waals surface area (Å²) in [6, 6.07) is 12.4. The molecule has 10 heteroatoms. The van der Waals surface area contributed by atoms with Crippen molar-refractivity contribution in [2.45, 2.75) is 18.4 Å². The first-order valence-electron chi connectivity index (χ1n) is 9.63. The van der Waals surface area contributed by atoms with E-state index in [2.05, 4.69) is 10.3 Å². The molecule has 0 saturated carbocycles. The van der Waals surface area contributed by atoms with Crippen LogP contribution in [0.5, 0.6) is 5.88 Å². The zero-order valence-corrected chi connectivity index (χ0v) is 19.0. The predicted octanol–water partition coefficient (Wildman–Crippen LogP) is 4.03. The molecule has 3 aromatic rings. The number of benzene rings is 2. The van der Waals surface area contributed by atoms with Gasteiger partial charge in [-0.2, -0.15) is 0 Å². The van der Waals surface area contributed by atoms with Gasteiger partial charge in [0.2, 0.25) is 5.88 Å². The number of rotatable bonds is 8. The Morgan fingerprint density at radius 1 is 1.19 bits per heavy atom. The summed E-state index contributed by atoms with van der Waals surface area (Å²) >= 11 is 6.17. The average Bonchev–Trinajstić information content (AvgIpc) is 2.78. The molecule has 168 valence electrons. The number of pyridine rings is 1. The molecule has 0 radical (unpaired) electrons. The molecule has 0 spiro atoms. The summed E-state index contributed by atoms with van der Waals surface area (Å²) in [6.45, 7) is 2.36. The highest BCUT2D eigenvalue weighted by atomic mass is 35.5. The van der Waals surface area contributed by atoms with E-state index in [1.54, 1.807) is 18.3 Å². The smallest absolute Gasteiger partial charge is 0.264 e. The minimum Gasteiger partial charge on any atom is -0.478 e. The van der Waals surface area contributed by atoms with Crippen LogP contribution in [0.3, 0.4) is 0 Å². The molecule has 0 saturated heterocycles. The van der Waals surface area contributed by atoms with E-state index in [9.17, 15) is 17.6 Å². The van der Waals surface area contributed by atoms with Crippen molar-refractivity contribution in [1.29, 1.82) is 0 Å². The quantitative estimate of drug-likeness (QED) is 0.529. The number of halogens is 2. The van der Waals surface area contributed by atoms with E-state index in [4.69, 9.17) is 16.3 Å². The molecule has 1 N–H and O–H groups in total. The second-order valence-corrected chi connectivity index (χ2v) is 9.05. The average molecular weight is 478 g/mol. The highest BCUT2D eigenvalue weighted by molar-refractivity contribution is 7.92. The Labute approximate surface area is 190 Å². The zero-order chi connectivity index (χ0) is 23.3. The van der Waals surface area contributed by atoms with E-state index in [0.717, 1.165) is 16.4 Å². The van der Waals surface area contributed by atoms with Crippen molar-refractivity contribution in [1.82, 2.24) is 10.3 Å². The standard InChI is InChI=1S/C22H21ClFN3O4S/c1-3-31-22-15(5-4-12-25-22)14-26-21(28)19-13-18(10-11-20(19)23)32(29,30)27(2)17-8-6-16(24)7-9-17/h4-13H,3,14H2,1-2H3,(H,26,28). The summed E-state index contributed by atoms with van der Waals surface area (Å²) in [5.41, 5.74) is 0.938. The summed E-state index contributed by atoms with van der Waals surface area (Å²) in [4.78, 5) is 16.8. The molecule has 0 aliphatic heterocycles. The predicted molar refractivity (Wildman–Crippen MR) is 120 cm³/mol. The number of sulfonamides is 1. The Morgan fingerprint density at radius 2 is 1.91 bits per heavy atom. The van der Waals surface area contributed by atoms with Gasteiger partial charge in [-0.3, -0.25) is 9.10 Å². The summed E-state index contributed by atoms with van der Waals surface area (Å²) in [5.74, 6) is -0.632. The van der Waals surface area contributed by atoms with E-state index in [1.807, 2.05) is 6.92 Å². The van der Waals surface area contributed by atoms with Gasteiger partial charge in [0.05, 0.1) is 27.8 Å². The van der Waals surface area contributed by atoms with Gasteiger partial charge in [0.1, 0.15) is 5.82 Å². The number of carbonyl (C=O) groups excluding carboxylic acids is 1. The molecule has 3 rings (SSSR count). The first kappa shape index (κ1) is 23.5. The van der Waals surface area contributed by atoms with Crippen LogP contribution in [0.4, 0.5) is 10.1 Å². The van der Waals surface area contributed by atoms with Gasteiger partial charge >= 0.3 is 0 Å². The van der Waals surface area contributed by atoms with E-state index < -0.39 is 21.7 Å². The van der Waals surface area contributed by atoms with Crippen molar-refractivity contribution in [2.75, 3.05) is 18.0 Å². The molecule has 1 aromatic heterocycles. The van der Waals surface area contributed by atoms with E-state index in [1.165, 1.54) is 37.4 Å². The molecule has 32 heavy (non-hydrogen) atoms. The number of amides is 1. The Bertz CT molecular complexity index is 1220. The lowest BCUT2D eigenvalue weighted by Crippen LogP contribution is -2.28.